The molecule has 6 heterocycles. The van der Waals surface area contributed by atoms with Gasteiger partial charge in [0.05, 0.1) is 36.9 Å². The number of hydrogen-bond acceptors (Lipinski definition) is 15. The van der Waals surface area contributed by atoms with Gasteiger partial charge in [0.15, 0.2) is 5.82 Å². The van der Waals surface area contributed by atoms with Crippen LogP contribution >= 0.6 is 0 Å². The molecule has 3 amide bonds. The molecule has 1 unspecified atom stereocenters. The predicted octanol–water partition coefficient (Wildman–Crippen LogP) is 0.619. The smallest absolute Gasteiger partial charge is 0.489 e. The first-order chi connectivity index (χ1) is 31.7. The van der Waals surface area contributed by atoms with Crippen LogP contribution < -0.4 is 51.8 Å². The van der Waals surface area contributed by atoms with Crippen molar-refractivity contribution >= 4 is 46.9 Å². The number of carbonyl (C=O) groups is 5. The zero-order chi connectivity index (χ0) is 44.9. The van der Waals surface area contributed by atoms with Crippen LogP contribution in [0.4, 0.5) is 17.2 Å². The van der Waals surface area contributed by atoms with Gasteiger partial charge in [-0.25, -0.2) is 4.68 Å². The summed E-state index contributed by atoms with van der Waals surface area (Å²) in [6, 6.07) is 14.6. The number of para-hydroxylation sites is 2. The van der Waals surface area contributed by atoms with Crippen molar-refractivity contribution in [1.82, 2.24) is 33.3 Å². The van der Waals surface area contributed by atoms with Gasteiger partial charge in [0.2, 0.25) is 17.7 Å². The number of esters is 2. The zero-order valence-electron chi connectivity index (χ0n) is 36.2. The zero-order valence-corrected chi connectivity index (χ0v) is 38.4. The van der Waals surface area contributed by atoms with E-state index in [1.54, 1.807) is 52.3 Å². The maximum atomic E-state index is 13.7. The van der Waals surface area contributed by atoms with Gasteiger partial charge < -0.3 is 20.3 Å². The van der Waals surface area contributed by atoms with Gasteiger partial charge >= 0.3 is 169 Å². The van der Waals surface area contributed by atoms with Gasteiger partial charge in [0, 0.05) is 25.6 Å². The van der Waals surface area contributed by atoms with E-state index in [4.69, 9.17) is 19.9 Å². The SMILES string of the molecule is Nc1nnc(-c2ccccc2OC(=O)COC(=O)CC[I-]N2CCCCC2)cc1-n1cc(N2CCN(C3CCC(c4cccc5c4OCCN5C4CCC(=O)NC4=O)CC3)CC2=O)cn1. The summed E-state index contributed by atoms with van der Waals surface area (Å²) in [6.45, 7) is 4.29. The number of fused-ring (bicyclic) bond motifs is 1. The summed E-state index contributed by atoms with van der Waals surface area (Å²) in [5.41, 5.74) is 10.3. The third kappa shape index (κ3) is 10.3. The summed E-state index contributed by atoms with van der Waals surface area (Å²) < 4.78 is 21.9. The number of nitrogen functional groups attached to an aromatic ring is 1. The Bertz CT molecular complexity index is 2420. The second-order valence-electron chi connectivity index (χ2n) is 17.0. The molecule has 1 saturated carbocycles. The van der Waals surface area contributed by atoms with Crippen molar-refractivity contribution in [1.29, 1.82) is 0 Å². The molecule has 3 N–H and O–H groups in total. The van der Waals surface area contributed by atoms with E-state index in [0.29, 0.717) is 67.6 Å². The molecular formula is C46H54IN10O8-. The number of alkyl halides is 1. The number of anilines is 3. The number of amides is 3. The van der Waals surface area contributed by atoms with E-state index < -0.39 is 24.6 Å². The van der Waals surface area contributed by atoms with Crippen LogP contribution in [0.25, 0.3) is 16.9 Å². The first-order valence-corrected chi connectivity index (χ1v) is 25.1. The van der Waals surface area contributed by atoms with Gasteiger partial charge in [-0.2, -0.15) is 5.10 Å². The Morgan fingerprint density at radius 3 is 2.54 bits per heavy atom. The number of imide groups is 1. The van der Waals surface area contributed by atoms with Gasteiger partial charge in [-0.1, -0.05) is 12.1 Å². The monoisotopic (exact) mass is 1000 g/mol. The first kappa shape index (κ1) is 44.5. The number of rotatable bonds is 13. The van der Waals surface area contributed by atoms with Crippen molar-refractivity contribution in [2.24, 2.45) is 0 Å². The van der Waals surface area contributed by atoms with Crippen LogP contribution in [0.15, 0.2) is 60.9 Å². The molecule has 4 fully saturated rings. The van der Waals surface area contributed by atoms with Crippen molar-refractivity contribution in [2.75, 3.05) is 72.4 Å². The fourth-order valence-corrected chi connectivity index (χ4v) is 12.3. The normalized spacial score (nSPS) is 22.0. The minimum absolute atomic E-state index is 0.0150. The third-order valence-electron chi connectivity index (χ3n) is 12.9. The third-order valence-corrected chi connectivity index (χ3v) is 15.9. The molecule has 19 heteroatoms. The number of ether oxygens (including phenoxy) is 3. The molecule has 3 saturated heterocycles. The summed E-state index contributed by atoms with van der Waals surface area (Å²) in [6.07, 6.45) is 12.0. The van der Waals surface area contributed by atoms with Crippen LogP contribution in [0.1, 0.15) is 75.7 Å². The molecule has 4 aromatic rings. The molecule has 18 nitrogen and oxygen atoms in total. The molecular weight excluding hydrogens is 947 g/mol. The number of piperidine rings is 2. The Morgan fingerprint density at radius 1 is 0.892 bits per heavy atom. The molecule has 1 atom stereocenters. The standard InChI is InChI=1S/C46H54IN10O8/c48-45-38(25-35(51-52-45)34-7-2-3-10-39(34)65-43(61)29-64-42(60)17-18-47-54-19-4-1-5-20-54)57-27-32(26-49-57)55-22-21-53(28-41(55)59)31-13-11-30(12-14-31)33-8-6-9-36-44(33)63-24-23-56(36)37-15-16-40(58)50-46(37)62/h2-3,6-10,25-27,30-31,37H,1,4-5,11-24,28-29H2,(H2,48,52)(H,50,58,62)/q-1. The van der Waals surface area contributed by atoms with E-state index in [9.17, 15) is 24.0 Å². The van der Waals surface area contributed by atoms with Crippen LogP contribution in [0.5, 0.6) is 11.5 Å². The number of carbonyl (C=O) groups excluding carboxylic acids is 5. The first-order valence-electron chi connectivity index (χ1n) is 22.6. The summed E-state index contributed by atoms with van der Waals surface area (Å²) in [5, 5.41) is 15.5. The molecule has 4 aliphatic heterocycles. The summed E-state index contributed by atoms with van der Waals surface area (Å²) in [4.78, 5) is 69.6. The minimum Gasteiger partial charge on any atom is -0.489 e. The van der Waals surface area contributed by atoms with E-state index in [1.807, 2.05) is 12.1 Å². The molecule has 5 aliphatic rings. The van der Waals surface area contributed by atoms with Gasteiger partial charge in [0.25, 0.3) is 0 Å². The number of nitrogens with two attached hydrogens (primary N) is 1. The summed E-state index contributed by atoms with van der Waals surface area (Å²) in [5.74, 6) is -0.134. The van der Waals surface area contributed by atoms with Crippen molar-refractivity contribution < 1.29 is 59.7 Å². The van der Waals surface area contributed by atoms with Crippen molar-refractivity contribution in [2.45, 2.75) is 82.2 Å². The van der Waals surface area contributed by atoms with Gasteiger partial charge in [-0.3, -0.25) is 24.6 Å². The van der Waals surface area contributed by atoms with Crippen LogP contribution in [-0.2, 0) is 28.7 Å². The Morgan fingerprint density at radius 2 is 1.72 bits per heavy atom. The number of hydrogen-bond donors (Lipinski definition) is 2. The Hall–Kier alpha value is -5.67. The molecule has 344 valence electrons. The van der Waals surface area contributed by atoms with Crippen LogP contribution in [-0.4, -0.2) is 127 Å². The van der Waals surface area contributed by atoms with Crippen LogP contribution in [0, 0.1) is 0 Å². The summed E-state index contributed by atoms with van der Waals surface area (Å²) >= 11 is -0.218. The fraction of sp³-hybridized carbons (Fsp3) is 0.478. The predicted molar refractivity (Wildman–Crippen MR) is 235 cm³/mol. The average molecular weight is 1000 g/mol. The molecule has 0 spiro atoms. The summed E-state index contributed by atoms with van der Waals surface area (Å²) in [7, 11) is 0. The number of aromatic nitrogens is 4. The minimum atomic E-state index is -0.712. The topological polar surface area (TPSA) is 208 Å². The van der Waals surface area contributed by atoms with Gasteiger partial charge in [-0.15, -0.1) is 0 Å². The number of halogens is 1. The molecule has 0 bridgehead atoms. The van der Waals surface area contributed by atoms with Crippen molar-refractivity contribution in [3.8, 4) is 28.4 Å². The van der Waals surface area contributed by atoms with Crippen LogP contribution in [0.3, 0.4) is 0 Å². The van der Waals surface area contributed by atoms with E-state index in [0.717, 1.165) is 66.7 Å². The number of piperazine rings is 1. The van der Waals surface area contributed by atoms with Gasteiger partial charge in [-0.05, 0) is 49.7 Å². The Labute approximate surface area is 387 Å². The molecule has 9 rings (SSSR count). The van der Waals surface area contributed by atoms with E-state index in [1.165, 1.54) is 19.3 Å². The average Bonchev–Trinajstić information content (AvgIpc) is 3.81. The molecule has 1 aliphatic carbocycles. The number of benzene rings is 2. The second-order valence-corrected chi connectivity index (χ2v) is 20.2. The molecule has 2 aromatic heterocycles. The van der Waals surface area contributed by atoms with Crippen molar-refractivity contribution in [3.05, 3.63) is 66.5 Å². The quantitative estimate of drug-likeness (QED) is 0.0471. The number of nitrogens with zero attached hydrogens (tertiary/aromatic N) is 8. The van der Waals surface area contributed by atoms with E-state index in [-0.39, 0.29) is 63.2 Å². The molecule has 0 radical (unpaired) electrons. The second kappa shape index (κ2) is 20.2. The van der Waals surface area contributed by atoms with Crippen molar-refractivity contribution in [3.63, 3.8) is 0 Å². The molecule has 65 heavy (non-hydrogen) atoms. The van der Waals surface area contributed by atoms with Gasteiger partial charge in [0.1, 0.15) is 18.4 Å². The maximum absolute atomic E-state index is 13.7. The Kier molecular flexibility index (Phi) is 13.9. The number of nitrogens with one attached hydrogen (secondary N) is 1. The Balaban J connectivity index is 0.783. The van der Waals surface area contributed by atoms with Crippen LogP contribution in [0.2, 0.25) is 0 Å². The van der Waals surface area contributed by atoms with E-state index >= 15 is 0 Å². The fourth-order valence-electron chi connectivity index (χ4n) is 9.58. The van der Waals surface area contributed by atoms with E-state index in [2.05, 4.69) is 39.6 Å². The molecule has 2 aromatic carbocycles.